The van der Waals surface area contributed by atoms with E-state index in [1.807, 2.05) is 34.6 Å². The lowest BCUT2D eigenvalue weighted by Gasteiger charge is -2.23. The van der Waals surface area contributed by atoms with Crippen molar-refractivity contribution in [1.82, 2.24) is 10.1 Å². The van der Waals surface area contributed by atoms with Gasteiger partial charge in [-0.1, -0.05) is 12.1 Å². The first-order chi connectivity index (χ1) is 9.11. The van der Waals surface area contributed by atoms with Gasteiger partial charge in [0.1, 0.15) is 5.60 Å². The van der Waals surface area contributed by atoms with E-state index in [2.05, 4.69) is 10.1 Å². The summed E-state index contributed by atoms with van der Waals surface area (Å²) in [6, 6.07) is 0. The van der Waals surface area contributed by atoms with Gasteiger partial charge in [0.2, 0.25) is 12.1 Å². The summed E-state index contributed by atoms with van der Waals surface area (Å²) >= 11 is 0. The van der Waals surface area contributed by atoms with Gasteiger partial charge >= 0.3 is 0 Å². The van der Waals surface area contributed by atoms with Gasteiger partial charge in [0, 0.05) is 19.8 Å². The molecule has 0 saturated carbocycles. The Morgan fingerprint density at radius 3 is 2.21 bits per heavy atom. The van der Waals surface area contributed by atoms with Crippen LogP contribution >= 0.6 is 0 Å². The number of aromatic nitrogens is 2. The fraction of sp³-hybridized carbons (Fsp3) is 0.846. The largest absolute Gasteiger partial charge is 0.367 e. The minimum absolute atomic E-state index is 0.332. The summed E-state index contributed by atoms with van der Waals surface area (Å²) in [6.07, 6.45) is 0.146. The van der Waals surface area contributed by atoms with E-state index in [9.17, 15) is 0 Å². The molecule has 0 aliphatic rings. The summed E-state index contributed by atoms with van der Waals surface area (Å²) in [5.41, 5.74) is -0.542. The summed E-state index contributed by atoms with van der Waals surface area (Å²) in [5.74, 6) is 0.856. The fourth-order valence-corrected chi connectivity index (χ4v) is 1.68. The first-order valence-corrected chi connectivity index (χ1v) is 6.82. The standard InChI is InChI=1S/C13H24N2O4/c1-6-13(5,18-9-4)12-14-10(19-15-12)11(16-7-2)17-8-3/h11H,6-9H2,1-5H3. The second-order valence-corrected chi connectivity index (χ2v) is 4.22. The molecule has 0 saturated heterocycles. The number of rotatable bonds is 9. The Kier molecular flexibility index (Phi) is 6.41. The lowest BCUT2D eigenvalue weighted by Crippen LogP contribution is -2.26. The van der Waals surface area contributed by atoms with Crippen LogP contribution in [0.15, 0.2) is 4.52 Å². The third-order valence-corrected chi connectivity index (χ3v) is 2.89. The Bertz CT molecular complexity index is 363. The van der Waals surface area contributed by atoms with E-state index in [1.165, 1.54) is 0 Å². The molecule has 19 heavy (non-hydrogen) atoms. The predicted molar refractivity (Wildman–Crippen MR) is 69.6 cm³/mol. The second-order valence-electron chi connectivity index (χ2n) is 4.22. The summed E-state index contributed by atoms with van der Waals surface area (Å²) in [5, 5.41) is 3.99. The lowest BCUT2D eigenvalue weighted by atomic mass is 10.0. The van der Waals surface area contributed by atoms with Crippen LogP contribution in [0.4, 0.5) is 0 Å². The van der Waals surface area contributed by atoms with Crippen LogP contribution in [0, 0.1) is 0 Å². The van der Waals surface area contributed by atoms with Gasteiger partial charge in [0.15, 0.2) is 0 Å². The molecule has 0 radical (unpaired) electrons. The zero-order chi connectivity index (χ0) is 14.3. The van der Waals surface area contributed by atoms with Crippen LogP contribution in [-0.2, 0) is 19.8 Å². The molecule has 6 heteroatoms. The summed E-state index contributed by atoms with van der Waals surface area (Å²) in [4.78, 5) is 4.36. The van der Waals surface area contributed by atoms with E-state index >= 15 is 0 Å². The molecular weight excluding hydrogens is 248 g/mol. The molecule has 0 bridgehead atoms. The molecule has 0 fully saturated rings. The van der Waals surface area contributed by atoms with Gasteiger partial charge in [0.25, 0.3) is 5.89 Å². The summed E-state index contributed by atoms with van der Waals surface area (Å²) in [6.45, 7) is 11.3. The smallest absolute Gasteiger partial charge is 0.283 e. The third-order valence-electron chi connectivity index (χ3n) is 2.89. The molecule has 0 aliphatic heterocycles. The van der Waals surface area contributed by atoms with Crippen LogP contribution in [0.25, 0.3) is 0 Å². The van der Waals surface area contributed by atoms with Crippen LogP contribution in [0.2, 0.25) is 0 Å². The number of nitrogens with zero attached hydrogens (tertiary/aromatic N) is 2. The highest BCUT2D eigenvalue weighted by Gasteiger charge is 2.32. The topological polar surface area (TPSA) is 66.6 Å². The van der Waals surface area contributed by atoms with Crippen LogP contribution in [0.5, 0.6) is 0 Å². The second kappa shape index (κ2) is 7.57. The van der Waals surface area contributed by atoms with Crippen molar-refractivity contribution in [2.45, 2.75) is 52.9 Å². The fourth-order valence-electron chi connectivity index (χ4n) is 1.68. The van der Waals surface area contributed by atoms with E-state index in [0.29, 0.717) is 31.5 Å². The van der Waals surface area contributed by atoms with Gasteiger partial charge in [-0.3, -0.25) is 0 Å². The molecule has 6 nitrogen and oxygen atoms in total. The van der Waals surface area contributed by atoms with Crippen LogP contribution in [-0.4, -0.2) is 30.0 Å². The molecule has 0 aromatic carbocycles. The molecule has 1 unspecified atom stereocenters. The summed E-state index contributed by atoms with van der Waals surface area (Å²) in [7, 11) is 0. The lowest BCUT2D eigenvalue weighted by molar-refractivity contribution is -0.155. The van der Waals surface area contributed by atoms with Crippen LogP contribution in [0.1, 0.15) is 59.0 Å². The maximum absolute atomic E-state index is 5.71. The number of hydrogen-bond acceptors (Lipinski definition) is 6. The van der Waals surface area contributed by atoms with Crippen molar-refractivity contribution < 1.29 is 18.7 Å². The van der Waals surface area contributed by atoms with Crippen LogP contribution < -0.4 is 0 Å². The van der Waals surface area contributed by atoms with Gasteiger partial charge in [-0.2, -0.15) is 4.98 Å². The molecular formula is C13H24N2O4. The molecule has 110 valence electrons. The Balaban J connectivity index is 2.90. The Morgan fingerprint density at radius 1 is 1.11 bits per heavy atom. The quantitative estimate of drug-likeness (QED) is 0.644. The monoisotopic (exact) mass is 272 g/mol. The van der Waals surface area contributed by atoms with Gasteiger partial charge in [-0.15, -0.1) is 0 Å². The highest BCUT2D eigenvalue weighted by Crippen LogP contribution is 2.28. The third kappa shape index (κ3) is 3.99. The molecule has 1 aromatic rings. The van der Waals surface area contributed by atoms with E-state index in [-0.39, 0.29) is 0 Å². The van der Waals surface area contributed by atoms with Crippen molar-refractivity contribution in [2.75, 3.05) is 19.8 Å². The van der Waals surface area contributed by atoms with E-state index in [0.717, 1.165) is 6.42 Å². The van der Waals surface area contributed by atoms with Crippen molar-refractivity contribution in [1.29, 1.82) is 0 Å². The highest BCUT2D eigenvalue weighted by atomic mass is 16.7. The average molecular weight is 272 g/mol. The molecule has 1 heterocycles. The van der Waals surface area contributed by atoms with Crippen molar-refractivity contribution in [3.05, 3.63) is 11.7 Å². The van der Waals surface area contributed by atoms with Crippen molar-refractivity contribution in [3.63, 3.8) is 0 Å². The maximum atomic E-state index is 5.71. The zero-order valence-electron chi connectivity index (χ0n) is 12.4. The van der Waals surface area contributed by atoms with E-state index in [1.54, 1.807) is 0 Å². The van der Waals surface area contributed by atoms with Crippen molar-refractivity contribution >= 4 is 0 Å². The Labute approximate surface area is 114 Å². The minimum atomic E-state index is -0.612. The molecule has 0 amide bonds. The molecule has 1 atom stereocenters. The first kappa shape index (κ1) is 16.1. The number of ether oxygens (including phenoxy) is 3. The van der Waals surface area contributed by atoms with Crippen molar-refractivity contribution in [2.24, 2.45) is 0 Å². The molecule has 0 aliphatic carbocycles. The van der Waals surface area contributed by atoms with E-state index < -0.39 is 11.9 Å². The highest BCUT2D eigenvalue weighted by molar-refractivity contribution is 4.99. The summed E-state index contributed by atoms with van der Waals surface area (Å²) < 4.78 is 21.8. The molecule has 0 N–H and O–H groups in total. The maximum Gasteiger partial charge on any atom is 0.283 e. The molecule has 1 rings (SSSR count). The van der Waals surface area contributed by atoms with Crippen molar-refractivity contribution in [3.8, 4) is 0 Å². The normalized spacial score (nSPS) is 14.8. The van der Waals surface area contributed by atoms with E-state index in [4.69, 9.17) is 18.7 Å². The predicted octanol–water partition coefficient (Wildman–Crippen LogP) is 2.80. The Hall–Kier alpha value is -0.980. The SMILES string of the molecule is CCOC(OCC)c1nc(C(C)(CC)OCC)no1. The van der Waals surface area contributed by atoms with Gasteiger partial charge in [-0.25, -0.2) is 0 Å². The average Bonchev–Trinajstić information content (AvgIpc) is 2.89. The molecule has 1 aromatic heterocycles. The zero-order valence-corrected chi connectivity index (χ0v) is 12.4. The van der Waals surface area contributed by atoms with Gasteiger partial charge in [0.05, 0.1) is 0 Å². The Morgan fingerprint density at radius 2 is 1.74 bits per heavy atom. The van der Waals surface area contributed by atoms with Gasteiger partial charge < -0.3 is 18.7 Å². The first-order valence-electron chi connectivity index (χ1n) is 6.82. The molecule has 0 spiro atoms. The van der Waals surface area contributed by atoms with Crippen LogP contribution in [0.3, 0.4) is 0 Å². The minimum Gasteiger partial charge on any atom is -0.367 e. The van der Waals surface area contributed by atoms with Gasteiger partial charge in [-0.05, 0) is 34.1 Å². The number of hydrogen-bond donors (Lipinski definition) is 0.